The molecule has 1 atom stereocenters. The third-order valence-corrected chi connectivity index (χ3v) is 3.43. The van der Waals surface area contributed by atoms with Crippen molar-refractivity contribution in [2.75, 3.05) is 32.7 Å². The van der Waals surface area contributed by atoms with Crippen molar-refractivity contribution in [2.45, 2.75) is 32.9 Å². The van der Waals surface area contributed by atoms with Crippen LogP contribution in [0.2, 0.25) is 0 Å². The second-order valence-corrected chi connectivity index (χ2v) is 4.88. The second kappa shape index (κ2) is 6.77. The Morgan fingerprint density at radius 3 is 2.24 bits per heavy atom. The summed E-state index contributed by atoms with van der Waals surface area (Å²) in [6.07, 6.45) is 1.71. The molecular formula is C13H25N3O. The Morgan fingerprint density at radius 2 is 1.76 bits per heavy atom. The van der Waals surface area contributed by atoms with Crippen LogP contribution < -0.4 is 5.32 Å². The van der Waals surface area contributed by atoms with E-state index in [2.05, 4.69) is 35.5 Å². The number of piperazine rings is 1. The van der Waals surface area contributed by atoms with Gasteiger partial charge in [-0.05, 0) is 20.8 Å². The average molecular weight is 239 g/mol. The number of hydrogen-bond donors (Lipinski definition) is 1. The minimum absolute atomic E-state index is 0.0377. The molecule has 0 radical (unpaired) electrons. The minimum Gasteiger partial charge on any atom is -0.351 e. The minimum atomic E-state index is -0.0377. The maximum absolute atomic E-state index is 11.8. The molecule has 1 saturated heterocycles. The van der Waals surface area contributed by atoms with Gasteiger partial charge in [0.1, 0.15) is 0 Å². The van der Waals surface area contributed by atoms with Crippen molar-refractivity contribution in [3.63, 3.8) is 0 Å². The summed E-state index contributed by atoms with van der Waals surface area (Å²) < 4.78 is 0. The van der Waals surface area contributed by atoms with E-state index >= 15 is 0 Å². The molecule has 1 fully saturated rings. The average Bonchev–Trinajstić information content (AvgIpc) is 2.35. The predicted molar refractivity (Wildman–Crippen MR) is 71.0 cm³/mol. The highest BCUT2D eigenvalue weighted by molar-refractivity contribution is 5.81. The standard InChI is InChI=1S/C13H25N3O/c1-5-6-14-13(17)12(4)16-9-7-15(8-10-16)11(2)3/h5,11-12H,1,6-10H2,2-4H3,(H,14,17)/t12-/m1/s1. The predicted octanol–water partition coefficient (Wildman–Crippen LogP) is 0.703. The fraction of sp³-hybridized carbons (Fsp3) is 0.769. The number of nitrogens with one attached hydrogen (secondary N) is 1. The first-order valence-electron chi connectivity index (χ1n) is 6.43. The fourth-order valence-corrected chi connectivity index (χ4v) is 2.13. The van der Waals surface area contributed by atoms with Gasteiger partial charge in [-0.1, -0.05) is 6.08 Å². The van der Waals surface area contributed by atoms with E-state index in [0.29, 0.717) is 12.6 Å². The molecule has 0 saturated carbocycles. The van der Waals surface area contributed by atoms with E-state index < -0.39 is 0 Å². The number of hydrogen-bond acceptors (Lipinski definition) is 3. The lowest BCUT2D eigenvalue weighted by Gasteiger charge is -2.39. The van der Waals surface area contributed by atoms with Crippen LogP contribution >= 0.6 is 0 Å². The van der Waals surface area contributed by atoms with E-state index in [-0.39, 0.29) is 11.9 Å². The Bertz CT molecular complexity index is 257. The first kappa shape index (κ1) is 14.2. The Hall–Kier alpha value is -0.870. The topological polar surface area (TPSA) is 35.6 Å². The molecule has 1 aliphatic rings. The summed E-state index contributed by atoms with van der Waals surface area (Å²) in [7, 11) is 0. The largest absolute Gasteiger partial charge is 0.351 e. The van der Waals surface area contributed by atoms with Crippen LogP contribution in [0.4, 0.5) is 0 Å². The van der Waals surface area contributed by atoms with Crippen molar-refractivity contribution in [2.24, 2.45) is 0 Å². The van der Waals surface area contributed by atoms with Gasteiger partial charge >= 0.3 is 0 Å². The molecule has 1 amide bonds. The fourth-order valence-electron chi connectivity index (χ4n) is 2.13. The van der Waals surface area contributed by atoms with Gasteiger partial charge in [-0.25, -0.2) is 0 Å². The molecule has 0 spiro atoms. The Labute approximate surface area is 105 Å². The van der Waals surface area contributed by atoms with Gasteiger partial charge in [0, 0.05) is 38.8 Å². The lowest BCUT2D eigenvalue weighted by Crippen LogP contribution is -2.55. The maximum Gasteiger partial charge on any atom is 0.237 e. The molecule has 0 aromatic heterocycles. The maximum atomic E-state index is 11.8. The van der Waals surface area contributed by atoms with Crippen LogP contribution in [0, 0.1) is 0 Å². The zero-order valence-corrected chi connectivity index (χ0v) is 11.3. The summed E-state index contributed by atoms with van der Waals surface area (Å²) in [5, 5.41) is 2.85. The van der Waals surface area contributed by atoms with Gasteiger partial charge < -0.3 is 5.32 Å². The van der Waals surface area contributed by atoms with Crippen LogP contribution in [0.3, 0.4) is 0 Å². The summed E-state index contributed by atoms with van der Waals surface area (Å²) in [6, 6.07) is 0.561. The van der Waals surface area contributed by atoms with Crippen LogP contribution in [0.25, 0.3) is 0 Å². The van der Waals surface area contributed by atoms with Crippen LogP contribution in [0.15, 0.2) is 12.7 Å². The van der Waals surface area contributed by atoms with Crippen molar-refractivity contribution in [1.29, 1.82) is 0 Å². The van der Waals surface area contributed by atoms with Crippen molar-refractivity contribution >= 4 is 5.91 Å². The monoisotopic (exact) mass is 239 g/mol. The first-order valence-corrected chi connectivity index (χ1v) is 6.43. The normalized spacial score (nSPS) is 20.2. The third-order valence-electron chi connectivity index (χ3n) is 3.43. The van der Waals surface area contributed by atoms with Crippen LogP contribution in [-0.2, 0) is 4.79 Å². The number of carbonyl (C=O) groups excluding carboxylic acids is 1. The number of carbonyl (C=O) groups is 1. The van der Waals surface area contributed by atoms with Crippen molar-refractivity contribution in [3.8, 4) is 0 Å². The van der Waals surface area contributed by atoms with Gasteiger partial charge in [-0.3, -0.25) is 14.6 Å². The Morgan fingerprint density at radius 1 is 1.24 bits per heavy atom. The zero-order valence-electron chi connectivity index (χ0n) is 11.3. The van der Waals surface area contributed by atoms with E-state index in [1.165, 1.54) is 0 Å². The lowest BCUT2D eigenvalue weighted by atomic mass is 10.2. The Kier molecular flexibility index (Phi) is 5.65. The molecule has 0 aromatic rings. The Balaban J connectivity index is 2.37. The molecule has 4 nitrogen and oxygen atoms in total. The molecule has 0 bridgehead atoms. The van der Waals surface area contributed by atoms with Gasteiger partial charge in [0.2, 0.25) is 5.91 Å². The zero-order chi connectivity index (χ0) is 12.8. The highest BCUT2D eigenvalue weighted by Gasteiger charge is 2.25. The highest BCUT2D eigenvalue weighted by atomic mass is 16.2. The van der Waals surface area contributed by atoms with Gasteiger partial charge in [0.25, 0.3) is 0 Å². The van der Waals surface area contributed by atoms with Crippen LogP contribution in [0.5, 0.6) is 0 Å². The van der Waals surface area contributed by atoms with E-state index in [4.69, 9.17) is 0 Å². The molecule has 0 aromatic carbocycles. The SMILES string of the molecule is C=CCNC(=O)[C@@H](C)N1CCN(C(C)C)CC1. The smallest absolute Gasteiger partial charge is 0.237 e. The molecule has 1 rings (SSSR count). The molecule has 98 valence electrons. The molecule has 1 N–H and O–H groups in total. The quantitative estimate of drug-likeness (QED) is 0.718. The molecular weight excluding hydrogens is 214 g/mol. The number of rotatable bonds is 5. The summed E-state index contributed by atoms with van der Waals surface area (Å²) in [6.45, 7) is 14.6. The first-order chi connectivity index (χ1) is 8.06. The molecule has 17 heavy (non-hydrogen) atoms. The number of nitrogens with zero attached hydrogens (tertiary/aromatic N) is 2. The number of amides is 1. The van der Waals surface area contributed by atoms with Crippen LogP contribution in [-0.4, -0.2) is 60.5 Å². The molecule has 0 unspecified atom stereocenters. The van der Waals surface area contributed by atoms with Gasteiger partial charge in [0.05, 0.1) is 6.04 Å². The molecule has 0 aliphatic carbocycles. The van der Waals surface area contributed by atoms with E-state index in [1.807, 2.05) is 6.92 Å². The van der Waals surface area contributed by atoms with Gasteiger partial charge in [-0.2, -0.15) is 0 Å². The van der Waals surface area contributed by atoms with Crippen molar-refractivity contribution < 1.29 is 4.79 Å². The molecule has 4 heteroatoms. The van der Waals surface area contributed by atoms with E-state index in [9.17, 15) is 4.79 Å². The molecule has 1 aliphatic heterocycles. The summed E-state index contributed by atoms with van der Waals surface area (Å²) >= 11 is 0. The van der Waals surface area contributed by atoms with Gasteiger partial charge in [-0.15, -0.1) is 6.58 Å². The van der Waals surface area contributed by atoms with Gasteiger partial charge in [0.15, 0.2) is 0 Å². The van der Waals surface area contributed by atoms with Crippen molar-refractivity contribution in [3.05, 3.63) is 12.7 Å². The van der Waals surface area contributed by atoms with E-state index in [0.717, 1.165) is 26.2 Å². The van der Waals surface area contributed by atoms with Crippen LogP contribution in [0.1, 0.15) is 20.8 Å². The molecule has 1 heterocycles. The summed E-state index contributed by atoms with van der Waals surface area (Å²) in [4.78, 5) is 16.5. The summed E-state index contributed by atoms with van der Waals surface area (Å²) in [5.41, 5.74) is 0. The third kappa shape index (κ3) is 4.13. The summed E-state index contributed by atoms with van der Waals surface area (Å²) in [5.74, 6) is 0.0999. The van der Waals surface area contributed by atoms with E-state index in [1.54, 1.807) is 6.08 Å². The highest BCUT2D eigenvalue weighted by Crippen LogP contribution is 2.09. The second-order valence-electron chi connectivity index (χ2n) is 4.88. The lowest BCUT2D eigenvalue weighted by molar-refractivity contribution is -0.126. The van der Waals surface area contributed by atoms with Crippen molar-refractivity contribution in [1.82, 2.24) is 15.1 Å².